The van der Waals surface area contributed by atoms with E-state index in [1.165, 1.54) is 17.3 Å². The average Bonchev–Trinajstić information content (AvgIpc) is 2.70. The van der Waals surface area contributed by atoms with Gasteiger partial charge in [-0.2, -0.15) is 4.31 Å². The minimum atomic E-state index is -3.71. The molecule has 0 spiro atoms. The quantitative estimate of drug-likeness (QED) is 0.776. The molecule has 0 radical (unpaired) electrons. The highest BCUT2D eigenvalue weighted by molar-refractivity contribution is 7.89. The highest BCUT2D eigenvalue weighted by Gasteiger charge is 2.28. The number of nitrogens with one attached hydrogen (secondary N) is 2. The molecule has 0 bridgehead atoms. The van der Waals surface area contributed by atoms with E-state index in [1.807, 2.05) is 0 Å². The lowest BCUT2D eigenvalue weighted by atomic mass is 10.1. The number of hydrogen-bond donors (Lipinski definition) is 2. The zero-order chi connectivity index (χ0) is 21.0. The summed E-state index contributed by atoms with van der Waals surface area (Å²) in [6.45, 7) is 4.41. The summed E-state index contributed by atoms with van der Waals surface area (Å²) in [6, 6.07) is 11.3. The van der Waals surface area contributed by atoms with E-state index in [4.69, 9.17) is 4.74 Å². The van der Waals surface area contributed by atoms with Crippen LogP contribution < -0.4 is 10.6 Å². The number of ether oxygens (including phenoxy) is 1. The van der Waals surface area contributed by atoms with Gasteiger partial charge in [-0.25, -0.2) is 8.42 Å². The van der Waals surface area contributed by atoms with E-state index in [2.05, 4.69) is 10.6 Å². The van der Waals surface area contributed by atoms with E-state index in [1.54, 1.807) is 43.3 Å². The predicted octanol–water partition coefficient (Wildman–Crippen LogP) is 2.23. The molecule has 9 heteroatoms. The summed E-state index contributed by atoms with van der Waals surface area (Å²) >= 11 is 0. The first kappa shape index (κ1) is 21.0. The van der Waals surface area contributed by atoms with E-state index in [0.717, 1.165) is 0 Å². The molecular formula is C20H23N3O5S. The molecule has 154 valence electrons. The Morgan fingerprint density at radius 2 is 1.55 bits per heavy atom. The highest BCUT2D eigenvalue weighted by atomic mass is 32.2. The van der Waals surface area contributed by atoms with E-state index >= 15 is 0 Å². The number of amides is 2. The second-order valence-corrected chi connectivity index (χ2v) is 8.62. The molecule has 2 N–H and O–H groups in total. The lowest BCUT2D eigenvalue weighted by Crippen LogP contribution is -2.40. The SMILES string of the molecule is CC(=O)Nc1ccc(NC(=O)c2ccc(C)c(S(=O)(=O)N3CCOCC3)c2)cc1. The predicted molar refractivity (Wildman–Crippen MR) is 109 cm³/mol. The number of carbonyl (C=O) groups is 2. The standard InChI is InChI=1S/C20H23N3O5S/c1-14-3-4-16(13-19(14)29(26,27)23-9-11-28-12-10-23)20(25)22-18-7-5-17(6-8-18)21-15(2)24/h3-8,13H,9-12H2,1-2H3,(H,21,24)(H,22,25). The van der Waals surface area contributed by atoms with Gasteiger partial charge in [0.15, 0.2) is 0 Å². The van der Waals surface area contributed by atoms with Crippen molar-refractivity contribution in [1.82, 2.24) is 4.31 Å². The Balaban J connectivity index is 1.79. The summed E-state index contributed by atoms with van der Waals surface area (Å²) in [5, 5.41) is 5.38. The lowest BCUT2D eigenvalue weighted by molar-refractivity contribution is -0.114. The van der Waals surface area contributed by atoms with Gasteiger partial charge >= 0.3 is 0 Å². The van der Waals surface area contributed by atoms with Gasteiger partial charge in [-0.1, -0.05) is 6.07 Å². The molecule has 8 nitrogen and oxygen atoms in total. The summed E-state index contributed by atoms with van der Waals surface area (Å²) in [5.41, 5.74) is 1.97. The summed E-state index contributed by atoms with van der Waals surface area (Å²) in [5.74, 6) is -0.605. The molecule has 1 saturated heterocycles. The monoisotopic (exact) mass is 417 g/mol. The molecule has 2 amide bonds. The summed E-state index contributed by atoms with van der Waals surface area (Å²) in [4.78, 5) is 23.8. The zero-order valence-corrected chi connectivity index (χ0v) is 17.1. The number of morpholine rings is 1. The maximum Gasteiger partial charge on any atom is 0.255 e. The molecule has 1 aliphatic heterocycles. The number of sulfonamides is 1. The Morgan fingerprint density at radius 1 is 0.966 bits per heavy atom. The van der Waals surface area contributed by atoms with E-state index in [-0.39, 0.29) is 16.4 Å². The van der Waals surface area contributed by atoms with Gasteiger partial charge in [0.05, 0.1) is 18.1 Å². The molecule has 0 atom stereocenters. The number of hydrogen-bond acceptors (Lipinski definition) is 5. The first-order chi connectivity index (χ1) is 13.8. The van der Waals surface area contributed by atoms with E-state index < -0.39 is 15.9 Å². The Labute approximate surface area is 169 Å². The minimum absolute atomic E-state index is 0.119. The Kier molecular flexibility index (Phi) is 6.31. The maximum atomic E-state index is 13.0. The maximum absolute atomic E-state index is 13.0. The summed E-state index contributed by atoms with van der Waals surface area (Å²) < 4.78 is 32.5. The van der Waals surface area contributed by atoms with Crippen LogP contribution in [0.1, 0.15) is 22.8 Å². The third-order valence-corrected chi connectivity index (χ3v) is 6.54. The first-order valence-corrected chi connectivity index (χ1v) is 10.6. The number of benzene rings is 2. The molecule has 1 fully saturated rings. The number of anilines is 2. The fourth-order valence-electron chi connectivity index (χ4n) is 2.99. The molecule has 29 heavy (non-hydrogen) atoms. The third kappa shape index (κ3) is 5.00. The fraction of sp³-hybridized carbons (Fsp3) is 0.300. The van der Waals surface area contributed by atoms with Crippen molar-refractivity contribution in [1.29, 1.82) is 0 Å². The molecule has 2 aromatic rings. The van der Waals surface area contributed by atoms with Crippen molar-refractivity contribution >= 4 is 33.2 Å². The van der Waals surface area contributed by atoms with Gasteiger partial charge < -0.3 is 15.4 Å². The van der Waals surface area contributed by atoms with Crippen molar-refractivity contribution in [2.45, 2.75) is 18.7 Å². The van der Waals surface area contributed by atoms with Crippen LogP contribution in [0, 0.1) is 6.92 Å². The second-order valence-electron chi connectivity index (χ2n) is 6.71. The molecule has 1 aliphatic rings. The van der Waals surface area contributed by atoms with Gasteiger partial charge in [0.2, 0.25) is 15.9 Å². The third-order valence-electron chi connectivity index (χ3n) is 4.50. The topological polar surface area (TPSA) is 105 Å². The fourth-order valence-corrected chi connectivity index (χ4v) is 4.65. The van der Waals surface area contributed by atoms with Gasteiger partial charge in [-0.3, -0.25) is 9.59 Å². The van der Waals surface area contributed by atoms with Crippen LogP contribution >= 0.6 is 0 Å². The van der Waals surface area contributed by atoms with Crippen molar-refractivity contribution in [3.8, 4) is 0 Å². The number of nitrogens with zero attached hydrogens (tertiary/aromatic N) is 1. The lowest BCUT2D eigenvalue weighted by Gasteiger charge is -2.26. The van der Waals surface area contributed by atoms with Gasteiger partial charge in [0.25, 0.3) is 5.91 Å². The van der Waals surface area contributed by atoms with Crippen LogP contribution in [-0.4, -0.2) is 50.8 Å². The van der Waals surface area contributed by atoms with Gasteiger partial charge in [0.1, 0.15) is 0 Å². The molecule has 1 heterocycles. The van der Waals surface area contributed by atoms with Crippen molar-refractivity contribution in [2.75, 3.05) is 36.9 Å². The number of aryl methyl sites for hydroxylation is 1. The molecule has 0 unspecified atom stereocenters. The highest BCUT2D eigenvalue weighted by Crippen LogP contribution is 2.23. The normalized spacial score (nSPS) is 15.0. The molecule has 0 aromatic heterocycles. The Hall–Kier alpha value is -2.75. The zero-order valence-electron chi connectivity index (χ0n) is 16.3. The van der Waals surface area contributed by atoms with Crippen LogP contribution in [0.25, 0.3) is 0 Å². The number of carbonyl (C=O) groups excluding carboxylic acids is 2. The summed E-state index contributed by atoms with van der Waals surface area (Å²) in [6.07, 6.45) is 0. The van der Waals surface area contributed by atoms with E-state index in [0.29, 0.717) is 43.2 Å². The van der Waals surface area contributed by atoms with Crippen molar-refractivity contribution < 1.29 is 22.7 Å². The van der Waals surface area contributed by atoms with Crippen molar-refractivity contribution in [3.05, 3.63) is 53.6 Å². The van der Waals surface area contributed by atoms with Crippen LogP contribution in [0.4, 0.5) is 11.4 Å². The van der Waals surface area contributed by atoms with Crippen molar-refractivity contribution in [2.24, 2.45) is 0 Å². The first-order valence-electron chi connectivity index (χ1n) is 9.15. The molecule has 3 rings (SSSR count). The van der Waals surface area contributed by atoms with Crippen LogP contribution in [0.5, 0.6) is 0 Å². The Morgan fingerprint density at radius 3 is 2.14 bits per heavy atom. The smallest absolute Gasteiger partial charge is 0.255 e. The van der Waals surface area contributed by atoms with Crippen LogP contribution in [-0.2, 0) is 19.6 Å². The number of rotatable bonds is 5. The van der Waals surface area contributed by atoms with Gasteiger partial charge in [-0.05, 0) is 48.9 Å². The molecule has 0 saturated carbocycles. The average molecular weight is 417 g/mol. The molecule has 2 aromatic carbocycles. The molecule has 0 aliphatic carbocycles. The van der Waals surface area contributed by atoms with Gasteiger partial charge in [-0.15, -0.1) is 0 Å². The molecular weight excluding hydrogens is 394 g/mol. The Bertz CT molecular complexity index is 1010. The van der Waals surface area contributed by atoms with Crippen LogP contribution in [0.15, 0.2) is 47.4 Å². The van der Waals surface area contributed by atoms with E-state index in [9.17, 15) is 18.0 Å². The van der Waals surface area contributed by atoms with Gasteiger partial charge in [0, 0.05) is 37.0 Å². The largest absolute Gasteiger partial charge is 0.379 e. The van der Waals surface area contributed by atoms with Crippen LogP contribution in [0.3, 0.4) is 0 Å². The van der Waals surface area contributed by atoms with Crippen LogP contribution in [0.2, 0.25) is 0 Å². The minimum Gasteiger partial charge on any atom is -0.379 e. The second kappa shape index (κ2) is 8.73. The summed E-state index contributed by atoms with van der Waals surface area (Å²) in [7, 11) is -3.71. The van der Waals surface area contributed by atoms with Crippen molar-refractivity contribution in [3.63, 3.8) is 0 Å².